The summed E-state index contributed by atoms with van der Waals surface area (Å²) in [5.74, 6) is 1.59. The molecule has 2 aliphatic carbocycles. The lowest BCUT2D eigenvalue weighted by Gasteiger charge is -2.28. The fourth-order valence-electron chi connectivity index (χ4n) is 7.93. The third kappa shape index (κ3) is 10.1. The van der Waals surface area contributed by atoms with Crippen molar-refractivity contribution in [3.8, 4) is 5.75 Å². The molecular formula is C42H45F6NO3. The van der Waals surface area contributed by atoms with E-state index in [0.29, 0.717) is 29.6 Å². The van der Waals surface area contributed by atoms with Gasteiger partial charge in [-0.05, 0) is 142 Å². The van der Waals surface area contributed by atoms with E-state index in [1.165, 1.54) is 0 Å². The number of halogens is 6. The Morgan fingerprint density at radius 1 is 0.712 bits per heavy atom. The number of ether oxygens (including phenoxy) is 1. The maximum absolute atomic E-state index is 13.2. The number of nitrogens with one attached hydrogen (secondary N) is 1. The zero-order valence-electron chi connectivity index (χ0n) is 29.1. The Hall–Kier alpha value is -4.08. The summed E-state index contributed by atoms with van der Waals surface area (Å²) in [7, 11) is 0. The van der Waals surface area contributed by atoms with Crippen LogP contribution in [0, 0.1) is 23.2 Å². The van der Waals surface area contributed by atoms with Crippen LogP contribution in [-0.2, 0) is 25.2 Å². The number of hydrogen-bond donors (Lipinski definition) is 1. The van der Waals surface area contributed by atoms with Crippen LogP contribution in [0.5, 0.6) is 5.75 Å². The van der Waals surface area contributed by atoms with Crippen LogP contribution in [0.15, 0.2) is 77.2 Å². The van der Waals surface area contributed by atoms with Gasteiger partial charge in [0, 0.05) is 11.5 Å². The molecular weight excluding hydrogens is 680 g/mol. The topological polar surface area (TPSA) is 63.3 Å². The molecule has 3 aromatic carbocycles. The van der Waals surface area contributed by atoms with Crippen molar-refractivity contribution in [3.05, 3.63) is 101 Å². The van der Waals surface area contributed by atoms with Crippen molar-refractivity contribution in [1.82, 2.24) is 0 Å². The number of carbonyl (C=O) groups excluding carboxylic acids is 1. The molecule has 0 saturated heterocycles. The minimum Gasteiger partial charge on any atom is -0.490 e. The molecule has 2 saturated carbocycles. The summed E-state index contributed by atoms with van der Waals surface area (Å²) in [5, 5.41) is 9.32. The monoisotopic (exact) mass is 725 g/mol. The predicted octanol–water partition coefficient (Wildman–Crippen LogP) is 12.5. The molecule has 0 radical (unpaired) electrons. The Kier molecular flexibility index (Phi) is 11.8. The predicted molar refractivity (Wildman–Crippen MR) is 189 cm³/mol. The molecule has 1 N–H and O–H groups in total. The Bertz CT molecular complexity index is 1800. The Morgan fingerprint density at radius 3 is 1.98 bits per heavy atom. The Labute approximate surface area is 300 Å². The Morgan fingerprint density at radius 2 is 1.33 bits per heavy atom. The van der Waals surface area contributed by atoms with Gasteiger partial charge in [-0.3, -0.25) is 4.79 Å². The molecule has 10 heteroatoms. The highest BCUT2D eigenvalue weighted by Crippen LogP contribution is 2.36. The number of furan rings is 1. The third-order valence-electron chi connectivity index (χ3n) is 11.0. The zero-order chi connectivity index (χ0) is 36.9. The van der Waals surface area contributed by atoms with Gasteiger partial charge in [-0.2, -0.15) is 26.3 Å². The fourth-order valence-corrected chi connectivity index (χ4v) is 7.93. The van der Waals surface area contributed by atoms with Gasteiger partial charge in [0.05, 0.1) is 22.9 Å². The van der Waals surface area contributed by atoms with E-state index in [2.05, 4.69) is 0 Å². The number of alkyl halides is 6. The van der Waals surface area contributed by atoms with E-state index in [-0.39, 0.29) is 23.5 Å². The van der Waals surface area contributed by atoms with Gasteiger partial charge in [0.2, 0.25) is 5.78 Å². The van der Waals surface area contributed by atoms with Gasteiger partial charge in [-0.25, -0.2) is 0 Å². The second-order valence-electron chi connectivity index (χ2n) is 14.8. The van der Waals surface area contributed by atoms with Crippen LogP contribution in [0.3, 0.4) is 0 Å². The minimum atomic E-state index is -4.33. The van der Waals surface area contributed by atoms with E-state index in [0.717, 1.165) is 124 Å². The van der Waals surface area contributed by atoms with Gasteiger partial charge >= 0.3 is 12.4 Å². The number of fused-ring (bicyclic) bond motifs is 1. The lowest BCUT2D eigenvalue weighted by atomic mass is 9.77. The highest BCUT2D eigenvalue weighted by molar-refractivity contribution is 6.44. The fraction of sp³-hybridized carbons (Fsp3) is 0.476. The van der Waals surface area contributed by atoms with Crippen LogP contribution in [0.1, 0.15) is 110 Å². The summed E-state index contributed by atoms with van der Waals surface area (Å²) < 4.78 is 89.5. The van der Waals surface area contributed by atoms with Crippen molar-refractivity contribution < 1.29 is 40.3 Å². The molecule has 1 heterocycles. The molecule has 0 bridgehead atoms. The number of Topliss-reactive ketones (excluding diaryl/α,β-unsaturated/α-hetero) is 1. The van der Waals surface area contributed by atoms with Crippen LogP contribution in [0.2, 0.25) is 0 Å². The summed E-state index contributed by atoms with van der Waals surface area (Å²) in [6.07, 6.45) is 3.72. The van der Waals surface area contributed by atoms with Crippen molar-refractivity contribution in [1.29, 1.82) is 5.41 Å². The average Bonchev–Trinajstić information content (AvgIpc) is 3.41. The SMILES string of the molecule is N=C(CC1CCC(CCCc2ccc(C(F)(F)F)cc2)CC1)C(=O)c1cc2ccc(OC3CCCC(Cc4ccc(C(F)(F)F)cc4)CC3)cc2o1. The molecule has 6 rings (SSSR count). The summed E-state index contributed by atoms with van der Waals surface area (Å²) in [5.41, 5.74) is 1.15. The Balaban J connectivity index is 0.930. The zero-order valence-corrected chi connectivity index (χ0v) is 29.1. The first kappa shape index (κ1) is 37.7. The van der Waals surface area contributed by atoms with Crippen LogP contribution in [0.25, 0.3) is 11.0 Å². The summed E-state index contributed by atoms with van der Waals surface area (Å²) >= 11 is 0. The van der Waals surface area contributed by atoms with Crippen molar-refractivity contribution in [3.63, 3.8) is 0 Å². The van der Waals surface area contributed by atoms with E-state index in [9.17, 15) is 31.1 Å². The molecule has 52 heavy (non-hydrogen) atoms. The minimum absolute atomic E-state index is 0.00780. The number of aryl methyl sites for hydroxylation is 1. The number of rotatable bonds is 12. The number of carbonyl (C=O) groups is 1. The highest BCUT2D eigenvalue weighted by atomic mass is 19.4. The molecule has 2 unspecified atom stereocenters. The second kappa shape index (κ2) is 16.3. The van der Waals surface area contributed by atoms with Crippen molar-refractivity contribution in [2.24, 2.45) is 17.8 Å². The molecule has 0 spiro atoms. The first-order valence-electron chi connectivity index (χ1n) is 18.4. The van der Waals surface area contributed by atoms with Gasteiger partial charge in [0.1, 0.15) is 11.3 Å². The van der Waals surface area contributed by atoms with Crippen molar-refractivity contribution in [2.45, 2.75) is 108 Å². The average molecular weight is 726 g/mol. The molecule has 4 nitrogen and oxygen atoms in total. The summed E-state index contributed by atoms with van der Waals surface area (Å²) in [6, 6.07) is 18.1. The van der Waals surface area contributed by atoms with E-state index < -0.39 is 29.3 Å². The first-order chi connectivity index (χ1) is 24.8. The van der Waals surface area contributed by atoms with Crippen molar-refractivity contribution >= 4 is 22.5 Å². The molecule has 0 aliphatic heterocycles. The maximum atomic E-state index is 13.2. The van der Waals surface area contributed by atoms with E-state index >= 15 is 0 Å². The first-order valence-corrected chi connectivity index (χ1v) is 18.4. The van der Waals surface area contributed by atoms with Crippen LogP contribution in [0.4, 0.5) is 26.3 Å². The second-order valence-corrected chi connectivity index (χ2v) is 14.8. The summed E-state index contributed by atoms with van der Waals surface area (Å²) in [6.45, 7) is 0. The van der Waals surface area contributed by atoms with Gasteiger partial charge in [-0.1, -0.05) is 43.5 Å². The molecule has 2 atom stereocenters. The van der Waals surface area contributed by atoms with Gasteiger partial charge in [-0.15, -0.1) is 0 Å². The molecule has 1 aromatic heterocycles. The molecule has 0 amide bonds. The smallest absolute Gasteiger partial charge is 0.416 e. The molecule has 4 aromatic rings. The van der Waals surface area contributed by atoms with E-state index in [4.69, 9.17) is 14.6 Å². The molecule has 278 valence electrons. The molecule has 2 aliphatic rings. The lowest BCUT2D eigenvalue weighted by molar-refractivity contribution is -0.138. The van der Waals surface area contributed by atoms with Crippen molar-refractivity contribution in [2.75, 3.05) is 0 Å². The molecule has 2 fully saturated rings. The third-order valence-corrected chi connectivity index (χ3v) is 11.0. The van der Waals surface area contributed by atoms with Crippen LogP contribution >= 0.6 is 0 Å². The van der Waals surface area contributed by atoms with Crippen LogP contribution in [-0.4, -0.2) is 17.6 Å². The lowest BCUT2D eigenvalue weighted by Crippen LogP contribution is -2.21. The van der Waals surface area contributed by atoms with Gasteiger partial charge < -0.3 is 14.6 Å². The maximum Gasteiger partial charge on any atom is 0.416 e. The van der Waals surface area contributed by atoms with E-state index in [1.54, 1.807) is 36.4 Å². The normalized spacial score (nSPS) is 21.5. The van der Waals surface area contributed by atoms with Gasteiger partial charge in [0.25, 0.3) is 0 Å². The number of hydrogen-bond acceptors (Lipinski definition) is 4. The standard InChI is InChI=1S/C42H45F6NO3/c43-41(44,45)33-17-11-28(12-18-33)4-1-3-27-7-9-31(10-8-27)24-37(49)40(50)39-25-32-16-22-36(26-38(32)52-39)51-35-6-2-5-29(15-21-35)23-30-13-19-34(20-14-30)42(46,47)48/h11-14,16-20,22,25-27,29,31,35,49H,1-10,15,21,23-24H2. The quantitative estimate of drug-likeness (QED) is 0.0684. The summed E-state index contributed by atoms with van der Waals surface area (Å²) in [4.78, 5) is 13.2. The number of ketones is 1. The number of benzene rings is 3. The van der Waals surface area contributed by atoms with Crippen LogP contribution < -0.4 is 4.74 Å². The largest absolute Gasteiger partial charge is 0.490 e. The van der Waals surface area contributed by atoms with E-state index in [1.807, 2.05) is 12.1 Å². The highest BCUT2D eigenvalue weighted by Gasteiger charge is 2.31. The van der Waals surface area contributed by atoms with Gasteiger partial charge in [0.15, 0.2) is 5.76 Å².